The third kappa shape index (κ3) is 4.18. The molecule has 2 aromatic rings. The Morgan fingerprint density at radius 2 is 1.83 bits per heavy atom. The Morgan fingerprint density at radius 3 is 2.43 bits per heavy atom. The first kappa shape index (κ1) is 16.7. The summed E-state index contributed by atoms with van der Waals surface area (Å²) in [6.45, 7) is 4.75. The monoisotopic (exact) mass is 324 g/mol. The van der Waals surface area contributed by atoms with Gasteiger partial charge < -0.3 is 10.6 Å². The summed E-state index contributed by atoms with van der Waals surface area (Å²) in [6, 6.07) is 4.59. The first-order chi connectivity index (χ1) is 10.9. The van der Waals surface area contributed by atoms with Crippen LogP contribution in [0.15, 0.2) is 24.3 Å². The van der Waals surface area contributed by atoms with Crippen molar-refractivity contribution in [3.63, 3.8) is 0 Å². The highest BCUT2D eigenvalue weighted by atomic mass is 19.2. The zero-order valence-electron chi connectivity index (χ0n) is 12.5. The van der Waals surface area contributed by atoms with Crippen molar-refractivity contribution in [1.82, 2.24) is 10.2 Å². The fraction of sp³-hybridized carbons (Fsp3) is 0.267. The molecule has 2 rings (SSSR count). The molecule has 0 spiro atoms. The summed E-state index contributed by atoms with van der Waals surface area (Å²) in [5, 5.41) is 12.7. The lowest BCUT2D eigenvalue weighted by molar-refractivity contribution is 0.102. The van der Waals surface area contributed by atoms with Crippen molar-refractivity contribution in [2.75, 3.05) is 17.2 Å². The van der Waals surface area contributed by atoms with E-state index in [9.17, 15) is 18.0 Å². The highest BCUT2D eigenvalue weighted by Crippen LogP contribution is 2.20. The summed E-state index contributed by atoms with van der Waals surface area (Å²) >= 11 is 0. The molecule has 0 fully saturated rings. The van der Waals surface area contributed by atoms with Gasteiger partial charge in [0.2, 0.25) is 0 Å². The van der Waals surface area contributed by atoms with E-state index in [2.05, 4.69) is 20.8 Å². The molecule has 122 valence electrons. The van der Waals surface area contributed by atoms with Crippen molar-refractivity contribution in [3.8, 4) is 0 Å². The number of nitrogens with one attached hydrogen (secondary N) is 2. The molecule has 0 unspecified atom stereocenters. The smallest absolute Gasteiger partial charge is 0.276 e. The van der Waals surface area contributed by atoms with Crippen molar-refractivity contribution in [2.24, 2.45) is 5.92 Å². The van der Waals surface area contributed by atoms with Crippen molar-refractivity contribution in [1.29, 1.82) is 0 Å². The van der Waals surface area contributed by atoms with Gasteiger partial charge in [-0.1, -0.05) is 13.8 Å². The van der Waals surface area contributed by atoms with Gasteiger partial charge in [0.25, 0.3) is 5.91 Å². The molecule has 0 aliphatic rings. The molecule has 1 aromatic carbocycles. The second-order valence-electron chi connectivity index (χ2n) is 5.26. The van der Waals surface area contributed by atoms with E-state index in [-0.39, 0.29) is 5.69 Å². The van der Waals surface area contributed by atoms with Crippen LogP contribution in [0.4, 0.5) is 24.7 Å². The van der Waals surface area contributed by atoms with Crippen molar-refractivity contribution in [3.05, 3.63) is 47.4 Å². The Kier molecular flexibility index (Phi) is 5.15. The van der Waals surface area contributed by atoms with Crippen molar-refractivity contribution < 1.29 is 18.0 Å². The Morgan fingerprint density at radius 1 is 1.09 bits per heavy atom. The van der Waals surface area contributed by atoms with E-state index in [1.54, 1.807) is 6.07 Å². The van der Waals surface area contributed by atoms with Crippen molar-refractivity contribution >= 4 is 17.4 Å². The zero-order valence-corrected chi connectivity index (χ0v) is 12.5. The van der Waals surface area contributed by atoms with Gasteiger partial charge in [-0.05, 0) is 30.2 Å². The van der Waals surface area contributed by atoms with E-state index >= 15 is 0 Å². The molecule has 8 heteroatoms. The normalized spacial score (nSPS) is 10.7. The van der Waals surface area contributed by atoms with E-state index in [4.69, 9.17) is 0 Å². The van der Waals surface area contributed by atoms with Gasteiger partial charge >= 0.3 is 0 Å². The number of anilines is 2. The van der Waals surface area contributed by atoms with Gasteiger partial charge in [-0.2, -0.15) is 0 Å². The van der Waals surface area contributed by atoms with Gasteiger partial charge in [-0.3, -0.25) is 4.79 Å². The molecule has 0 saturated carbocycles. The summed E-state index contributed by atoms with van der Waals surface area (Å²) in [4.78, 5) is 11.9. The van der Waals surface area contributed by atoms with Crippen LogP contribution in [0.1, 0.15) is 24.3 Å². The molecule has 1 amide bonds. The lowest BCUT2D eigenvalue weighted by Gasteiger charge is -2.08. The maximum Gasteiger partial charge on any atom is 0.276 e. The fourth-order valence-corrected chi connectivity index (χ4v) is 1.67. The molecule has 0 aliphatic heterocycles. The second-order valence-corrected chi connectivity index (χ2v) is 5.26. The first-order valence-electron chi connectivity index (χ1n) is 6.91. The Balaban J connectivity index is 2.08. The van der Waals surface area contributed by atoms with Gasteiger partial charge in [0.05, 0.1) is 5.69 Å². The van der Waals surface area contributed by atoms with Gasteiger partial charge in [0, 0.05) is 6.54 Å². The molecule has 0 radical (unpaired) electrons. The highest BCUT2D eigenvalue weighted by molar-refractivity contribution is 6.02. The molecule has 2 N–H and O–H groups in total. The molecule has 0 aliphatic carbocycles. The third-order valence-corrected chi connectivity index (χ3v) is 2.87. The predicted molar refractivity (Wildman–Crippen MR) is 79.6 cm³/mol. The van der Waals surface area contributed by atoms with Crippen LogP contribution in [-0.4, -0.2) is 22.6 Å². The minimum Gasteiger partial charge on any atom is -0.368 e. The lowest BCUT2D eigenvalue weighted by Crippen LogP contribution is -2.17. The fourth-order valence-electron chi connectivity index (χ4n) is 1.67. The van der Waals surface area contributed by atoms with Crippen LogP contribution in [0.2, 0.25) is 0 Å². The van der Waals surface area contributed by atoms with Crippen molar-refractivity contribution in [2.45, 2.75) is 13.8 Å². The molecule has 0 atom stereocenters. The number of halogens is 3. The first-order valence-corrected chi connectivity index (χ1v) is 6.91. The van der Waals surface area contributed by atoms with E-state index in [0.29, 0.717) is 18.3 Å². The maximum atomic E-state index is 13.5. The topological polar surface area (TPSA) is 66.9 Å². The second kappa shape index (κ2) is 7.08. The summed E-state index contributed by atoms with van der Waals surface area (Å²) in [5.74, 6) is -4.33. The van der Waals surface area contributed by atoms with Gasteiger partial charge in [-0.25, -0.2) is 13.2 Å². The molecular weight excluding hydrogens is 309 g/mol. The lowest BCUT2D eigenvalue weighted by atomic mass is 10.2. The number of nitrogens with zero attached hydrogens (tertiary/aromatic N) is 2. The summed E-state index contributed by atoms with van der Waals surface area (Å²) in [5.41, 5.74) is -0.554. The number of hydrogen-bond donors (Lipinski definition) is 2. The number of aromatic nitrogens is 2. The van der Waals surface area contributed by atoms with Crippen LogP contribution in [0, 0.1) is 23.4 Å². The minimum atomic E-state index is -1.65. The number of amides is 1. The standard InChI is InChI=1S/C15H15F3N4O/c1-8(2)7-19-12-6-5-11(21-22-12)15(23)20-10-4-3-9(16)13(17)14(10)18/h3-6,8H,7H2,1-2H3,(H,19,22)(H,20,23). The molecule has 23 heavy (non-hydrogen) atoms. The van der Waals surface area contributed by atoms with Gasteiger partial charge in [0.15, 0.2) is 23.1 Å². The number of hydrogen-bond acceptors (Lipinski definition) is 4. The maximum absolute atomic E-state index is 13.5. The van der Waals surface area contributed by atoms with Crippen LogP contribution in [0.25, 0.3) is 0 Å². The average Bonchev–Trinajstić information content (AvgIpc) is 2.54. The van der Waals surface area contributed by atoms with E-state index in [1.807, 2.05) is 13.8 Å². The van der Waals surface area contributed by atoms with Crippen LogP contribution >= 0.6 is 0 Å². The van der Waals surface area contributed by atoms with Crippen LogP contribution in [0.3, 0.4) is 0 Å². The number of carbonyl (C=O) groups excluding carboxylic acids is 1. The van der Waals surface area contributed by atoms with E-state index in [0.717, 1.165) is 12.1 Å². The Labute approximate surface area is 130 Å². The van der Waals surface area contributed by atoms with Gasteiger partial charge in [0.1, 0.15) is 5.82 Å². The third-order valence-electron chi connectivity index (χ3n) is 2.87. The molecule has 0 saturated heterocycles. The largest absolute Gasteiger partial charge is 0.368 e. The van der Waals surface area contributed by atoms with Gasteiger partial charge in [-0.15, -0.1) is 10.2 Å². The summed E-state index contributed by atoms with van der Waals surface area (Å²) in [6.07, 6.45) is 0. The molecule has 5 nitrogen and oxygen atoms in total. The number of rotatable bonds is 5. The summed E-state index contributed by atoms with van der Waals surface area (Å²) in [7, 11) is 0. The highest BCUT2D eigenvalue weighted by Gasteiger charge is 2.16. The van der Waals surface area contributed by atoms with E-state index < -0.39 is 29.0 Å². The Hall–Kier alpha value is -2.64. The number of benzene rings is 1. The molecular formula is C15H15F3N4O. The Bertz CT molecular complexity index is 705. The zero-order chi connectivity index (χ0) is 17.0. The molecule has 1 heterocycles. The van der Waals surface area contributed by atoms with Crippen LogP contribution < -0.4 is 10.6 Å². The average molecular weight is 324 g/mol. The van der Waals surface area contributed by atoms with E-state index in [1.165, 1.54) is 6.07 Å². The minimum absolute atomic E-state index is 0.0794. The van der Waals surface area contributed by atoms with Crippen LogP contribution in [0.5, 0.6) is 0 Å². The molecule has 0 bridgehead atoms. The molecule has 1 aromatic heterocycles. The number of carbonyl (C=O) groups is 1. The SMILES string of the molecule is CC(C)CNc1ccc(C(=O)Nc2ccc(F)c(F)c2F)nn1. The predicted octanol–water partition coefficient (Wildman–Crippen LogP) is 3.21. The quantitative estimate of drug-likeness (QED) is 0.829. The summed E-state index contributed by atoms with van der Waals surface area (Å²) < 4.78 is 39.4. The van der Waals surface area contributed by atoms with Crippen LogP contribution in [-0.2, 0) is 0 Å².